The van der Waals surface area contributed by atoms with Gasteiger partial charge < -0.3 is 4.74 Å². The van der Waals surface area contributed by atoms with E-state index >= 15 is 0 Å². The first-order chi connectivity index (χ1) is 8.31. The Bertz CT molecular complexity index is 320. The summed E-state index contributed by atoms with van der Waals surface area (Å²) < 4.78 is 5.82. The predicted octanol–water partition coefficient (Wildman–Crippen LogP) is 3.61. The minimum Gasteiger partial charge on any atom is -0.492 e. The summed E-state index contributed by atoms with van der Waals surface area (Å²) in [5.41, 5.74) is 1.27. The molecule has 0 amide bonds. The standard InChI is InChI=1S/C14H22ClNO.ClH/c1-3-13-7-5-6-8-14(13)17-12-11-16(4-2)10-9-15;/h5-8H,3-4,9-12H2,1-2H3;1H. The monoisotopic (exact) mass is 291 g/mol. The quantitative estimate of drug-likeness (QED) is 0.679. The van der Waals surface area contributed by atoms with Gasteiger partial charge >= 0.3 is 0 Å². The molecule has 0 heterocycles. The summed E-state index contributed by atoms with van der Waals surface area (Å²) >= 11 is 5.74. The number of nitrogens with zero attached hydrogens (tertiary/aromatic N) is 1. The van der Waals surface area contributed by atoms with Gasteiger partial charge in [0.15, 0.2) is 0 Å². The molecule has 0 fully saturated rings. The van der Waals surface area contributed by atoms with Crippen LogP contribution in [0.25, 0.3) is 0 Å². The minimum atomic E-state index is 0. The molecule has 0 atom stereocenters. The number of likely N-dealkylation sites (N-methyl/N-ethyl adjacent to an activating group) is 1. The Kier molecular flexibility index (Phi) is 10.2. The SMILES string of the molecule is CCc1ccccc1OCCN(CC)CCCl.Cl. The first kappa shape index (κ1) is 17.6. The van der Waals surface area contributed by atoms with Crippen LogP contribution in [0, 0.1) is 0 Å². The number of benzene rings is 1. The van der Waals surface area contributed by atoms with Gasteiger partial charge in [0, 0.05) is 19.0 Å². The highest BCUT2D eigenvalue weighted by Gasteiger charge is 2.03. The maximum Gasteiger partial charge on any atom is 0.122 e. The van der Waals surface area contributed by atoms with Crippen LogP contribution in [-0.2, 0) is 6.42 Å². The average Bonchev–Trinajstić information content (AvgIpc) is 2.38. The van der Waals surface area contributed by atoms with Crippen LogP contribution in [0.5, 0.6) is 5.75 Å². The van der Waals surface area contributed by atoms with Crippen molar-refractivity contribution >= 4 is 24.0 Å². The fourth-order valence-corrected chi connectivity index (χ4v) is 2.01. The van der Waals surface area contributed by atoms with E-state index in [0.717, 1.165) is 38.4 Å². The van der Waals surface area contributed by atoms with Gasteiger partial charge in [0.1, 0.15) is 12.4 Å². The van der Waals surface area contributed by atoms with Crippen molar-refractivity contribution in [2.45, 2.75) is 20.3 Å². The van der Waals surface area contributed by atoms with Gasteiger partial charge in [-0.25, -0.2) is 0 Å². The van der Waals surface area contributed by atoms with E-state index in [0.29, 0.717) is 5.88 Å². The van der Waals surface area contributed by atoms with E-state index in [2.05, 4.69) is 30.9 Å². The largest absolute Gasteiger partial charge is 0.492 e. The first-order valence-corrected chi connectivity index (χ1v) is 6.84. The zero-order valence-corrected chi connectivity index (χ0v) is 12.8. The molecule has 4 heteroatoms. The summed E-state index contributed by atoms with van der Waals surface area (Å²) in [4.78, 5) is 2.29. The van der Waals surface area contributed by atoms with Crippen LogP contribution in [0.2, 0.25) is 0 Å². The van der Waals surface area contributed by atoms with Crippen molar-refractivity contribution in [3.05, 3.63) is 29.8 Å². The number of hydrogen-bond acceptors (Lipinski definition) is 2. The lowest BCUT2D eigenvalue weighted by molar-refractivity contribution is 0.222. The molecule has 1 aromatic carbocycles. The van der Waals surface area contributed by atoms with E-state index in [-0.39, 0.29) is 12.4 Å². The Balaban J connectivity index is 0.00000289. The summed E-state index contributed by atoms with van der Waals surface area (Å²) in [6, 6.07) is 8.23. The third-order valence-corrected chi connectivity index (χ3v) is 3.04. The van der Waals surface area contributed by atoms with Crippen molar-refractivity contribution in [3.8, 4) is 5.75 Å². The van der Waals surface area contributed by atoms with Crippen molar-refractivity contribution in [2.24, 2.45) is 0 Å². The number of rotatable bonds is 8. The molecule has 0 saturated heterocycles. The Morgan fingerprint density at radius 1 is 1.17 bits per heavy atom. The molecule has 18 heavy (non-hydrogen) atoms. The fourth-order valence-electron chi connectivity index (χ4n) is 1.77. The zero-order chi connectivity index (χ0) is 12.5. The molecule has 0 unspecified atom stereocenters. The molecular formula is C14H23Cl2NO. The van der Waals surface area contributed by atoms with Crippen molar-refractivity contribution in [1.82, 2.24) is 4.90 Å². The Hall–Kier alpha value is -0.440. The predicted molar refractivity (Wildman–Crippen MR) is 81.4 cm³/mol. The Labute approximate surface area is 122 Å². The lowest BCUT2D eigenvalue weighted by Crippen LogP contribution is -2.30. The van der Waals surface area contributed by atoms with Crippen LogP contribution in [0.1, 0.15) is 19.4 Å². The van der Waals surface area contributed by atoms with E-state index in [1.165, 1.54) is 5.56 Å². The molecule has 0 bridgehead atoms. The normalized spacial score (nSPS) is 10.2. The molecule has 0 spiro atoms. The molecule has 0 saturated carbocycles. The molecule has 0 radical (unpaired) electrons. The van der Waals surface area contributed by atoms with E-state index in [1.807, 2.05) is 12.1 Å². The van der Waals surface area contributed by atoms with E-state index < -0.39 is 0 Å². The lowest BCUT2D eigenvalue weighted by Gasteiger charge is -2.19. The van der Waals surface area contributed by atoms with E-state index in [4.69, 9.17) is 16.3 Å². The smallest absolute Gasteiger partial charge is 0.122 e. The maximum absolute atomic E-state index is 5.82. The second-order valence-electron chi connectivity index (χ2n) is 3.93. The highest BCUT2D eigenvalue weighted by atomic mass is 35.5. The number of aryl methyl sites for hydroxylation is 1. The van der Waals surface area contributed by atoms with Crippen molar-refractivity contribution in [1.29, 1.82) is 0 Å². The summed E-state index contributed by atoms with van der Waals surface area (Å²) in [5.74, 6) is 1.69. The highest BCUT2D eigenvalue weighted by Crippen LogP contribution is 2.17. The van der Waals surface area contributed by atoms with Crippen molar-refractivity contribution < 1.29 is 4.74 Å². The lowest BCUT2D eigenvalue weighted by atomic mass is 10.1. The Morgan fingerprint density at radius 3 is 2.50 bits per heavy atom. The van der Waals surface area contributed by atoms with Gasteiger partial charge in [0.25, 0.3) is 0 Å². The average molecular weight is 292 g/mol. The van der Waals surface area contributed by atoms with Crippen molar-refractivity contribution in [3.63, 3.8) is 0 Å². The molecule has 2 nitrogen and oxygen atoms in total. The minimum absolute atomic E-state index is 0. The molecule has 104 valence electrons. The molecular weight excluding hydrogens is 269 g/mol. The molecule has 0 N–H and O–H groups in total. The number of halogens is 2. The third kappa shape index (κ3) is 5.94. The number of hydrogen-bond donors (Lipinski definition) is 0. The topological polar surface area (TPSA) is 12.5 Å². The van der Waals surface area contributed by atoms with Gasteiger partial charge in [-0.1, -0.05) is 32.0 Å². The van der Waals surface area contributed by atoms with Gasteiger partial charge in [-0.2, -0.15) is 0 Å². The highest BCUT2D eigenvalue weighted by molar-refractivity contribution is 6.18. The summed E-state index contributed by atoms with van der Waals surface area (Å²) in [5, 5.41) is 0. The number of ether oxygens (including phenoxy) is 1. The van der Waals surface area contributed by atoms with Crippen LogP contribution in [0.15, 0.2) is 24.3 Å². The third-order valence-electron chi connectivity index (χ3n) is 2.87. The maximum atomic E-state index is 5.82. The number of alkyl halides is 1. The van der Waals surface area contributed by atoms with Crippen LogP contribution < -0.4 is 4.74 Å². The summed E-state index contributed by atoms with van der Waals surface area (Å²) in [7, 11) is 0. The summed E-state index contributed by atoms with van der Waals surface area (Å²) in [6.45, 7) is 7.89. The van der Waals surface area contributed by atoms with Gasteiger partial charge in [-0.15, -0.1) is 24.0 Å². The van der Waals surface area contributed by atoms with Crippen LogP contribution in [0.4, 0.5) is 0 Å². The Morgan fingerprint density at radius 2 is 1.89 bits per heavy atom. The summed E-state index contributed by atoms with van der Waals surface area (Å²) in [6.07, 6.45) is 1.01. The molecule has 0 aliphatic rings. The van der Waals surface area contributed by atoms with Crippen LogP contribution >= 0.6 is 24.0 Å². The van der Waals surface area contributed by atoms with E-state index in [1.54, 1.807) is 0 Å². The first-order valence-electron chi connectivity index (χ1n) is 6.30. The molecule has 0 aliphatic heterocycles. The van der Waals surface area contributed by atoms with Gasteiger partial charge in [0.05, 0.1) is 0 Å². The molecule has 0 aromatic heterocycles. The molecule has 0 aliphatic carbocycles. The van der Waals surface area contributed by atoms with Crippen LogP contribution in [-0.4, -0.2) is 37.0 Å². The van der Waals surface area contributed by atoms with E-state index in [9.17, 15) is 0 Å². The second kappa shape index (κ2) is 10.5. The van der Waals surface area contributed by atoms with Crippen LogP contribution in [0.3, 0.4) is 0 Å². The zero-order valence-electron chi connectivity index (χ0n) is 11.2. The van der Waals surface area contributed by atoms with Gasteiger partial charge in [-0.05, 0) is 24.6 Å². The second-order valence-corrected chi connectivity index (χ2v) is 4.31. The molecule has 1 aromatic rings. The number of para-hydroxylation sites is 1. The van der Waals surface area contributed by atoms with Gasteiger partial charge in [-0.3, -0.25) is 4.90 Å². The van der Waals surface area contributed by atoms with Gasteiger partial charge in [0.2, 0.25) is 0 Å². The van der Waals surface area contributed by atoms with Crippen molar-refractivity contribution in [2.75, 3.05) is 32.1 Å². The molecule has 1 rings (SSSR count). The fraction of sp³-hybridized carbons (Fsp3) is 0.571.